The van der Waals surface area contributed by atoms with Crippen LogP contribution in [-0.2, 0) is 19.7 Å². The van der Waals surface area contributed by atoms with Gasteiger partial charge < -0.3 is 9.84 Å². The molecule has 1 aliphatic carbocycles. The van der Waals surface area contributed by atoms with Crippen LogP contribution in [0.15, 0.2) is 0 Å². The number of carboxylic acids is 1. The van der Waals surface area contributed by atoms with Gasteiger partial charge >= 0.3 is 5.97 Å². The normalized spacial score (nSPS) is 19.1. The van der Waals surface area contributed by atoms with E-state index in [1.54, 1.807) is 7.05 Å². The lowest BCUT2D eigenvalue weighted by atomic mass is 9.96. The molecule has 0 amide bonds. The van der Waals surface area contributed by atoms with Crippen LogP contribution in [0.1, 0.15) is 38.5 Å². The van der Waals surface area contributed by atoms with Gasteiger partial charge in [-0.15, -0.1) is 0 Å². The van der Waals surface area contributed by atoms with Crippen LogP contribution in [0.4, 0.5) is 0 Å². The third-order valence-corrected chi connectivity index (χ3v) is 5.28. The largest absolute Gasteiger partial charge is 0.481 e. The number of rotatable bonds is 8. The summed E-state index contributed by atoms with van der Waals surface area (Å²) >= 11 is 0. The van der Waals surface area contributed by atoms with E-state index in [0.29, 0.717) is 0 Å². The lowest BCUT2D eigenvalue weighted by Crippen LogP contribution is -2.47. The lowest BCUT2D eigenvalue weighted by molar-refractivity contribution is -0.139. The number of nitrogens with one attached hydrogen (secondary N) is 1. The van der Waals surface area contributed by atoms with E-state index in [2.05, 4.69) is 4.72 Å². The summed E-state index contributed by atoms with van der Waals surface area (Å²) < 4.78 is 33.0. The minimum absolute atomic E-state index is 0.0294. The van der Waals surface area contributed by atoms with Crippen molar-refractivity contribution in [2.75, 3.05) is 20.7 Å². The Labute approximate surface area is 120 Å². The fraction of sp³-hybridized carbons (Fsp3) is 0.917. The van der Waals surface area contributed by atoms with Crippen molar-refractivity contribution in [3.05, 3.63) is 0 Å². The quantitative estimate of drug-likeness (QED) is 0.683. The smallest absolute Gasteiger partial charge is 0.306 e. The number of aliphatic carboxylic acids is 1. The van der Waals surface area contributed by atoms with Gasteiger partial charge in [0.25, 0.3) is 10.2 Å². The van der Waals surface area contributed by atoms with Crippen molar-refractivity contribution in [3.8, 4) is 0 Å². The van der Waals surface area contributed by atoms with Crippen LogP contribution in [0.25, 0.3) is 0 Å². The summed E-state index contributed by atoms with van der Waals surface area (Å²) in [5, 5.41) is 8.69. The highest BCUT2D eigenvalue weighted by atomic mass is 32.2. The van der Waals surface area contributed by atoms with Crippen molar-refractivity contribution >= 4 is 16.2 Å². The molecule has 1 atom stereocenters. The Morgan fingerprint density at radius 2 is 2.00 bits per heavy atom. The Balaban J connectivity index is 2.52. The molecule has 1 unspecified atom stereocenters. The molecule has 0 aromatic rings. The molecular formula is C12H24N2O5S. The molecule has 0 bridgehead atoms. The van der Waals surface area contributed by atoms with Gasteiger partial charge in [-0.25, -0.2) is 0 Å². The molecule has 0 saturated heterocycles. The average Bonchev–Trinajstić information content (AvgIpc) is 2.43. The summed E-state index contributed by atoms with van der Waals surface area (Å²) in [7, 11) is -0.656. The zero-order valence-corrected chi connectivity index (χ0v) is 12.9. The first-order valence-electron chi connectivity index (χ1n) is 6.84. The Hall–Kier alpha value is -0.700. The van der Waals surface area contributed by atoms with Crippen molar-refractivity contribution < 1.29 is 23.1 Å². The third-order valence-electron chi connectivity index (χ3n) is 3.70. The van der Waals surface area contributed by atoms with Crippen LogP contribution in [0.2, 0.25) is 0 Å². The van der Waals surface area contributed by atoms with Crippen LogP contribution in [0, 0.1) is 0 Å². The fourth-order valence-electron chi connectivity index (χ4n) is 2.37. The van der Waals surface area contributed by atoms with Crippen LogP contribution >= 0.6 is 0 Å². The highest BCUT2D eigenvalue weighted by molar-refractivity contribution is 7.87. The molecule has 20 heavy (non-hydrogen) atoms. The maximum absolute atomic E-state index is 12.1. The molecular weight excluding hydrogens is 284 g/mol. The monoisotopic (exact) mass is 308 g/mol. The molecule has 0 aromatic heterocycles. The topological polar surface area (TPSA) is 95.9 Å². The molecule has 0 heterocycles. The molecule has 7 nitrogen and oxygen atoms in total. The first-order chi connectivity index (χ1) is 9.36. The second kappa shape index (κ2) is 7.92. The number of hydrogen-bond acceptors (Lipinski definition) is 4. The maximum Gasteiger partial charge on any atom is 0.306 e. The van der Waals surface area contributed by atoms with Crippen LogP contribution in [0.5, 0.6) is 0 Å². The highest BCUT2D eigenvalue weighted by Crippen LogP contribution is 2.22. The first-order valence-corrected chi connectivity index (χ1v) is 8.28. The second-order valence-electron chi connectivity index (χ2n) is 5.12. The summed E-state index contributed by atoms with van der Waals surface area (Å²) in [5.74, 6) is -1.02. The lowest BCUT2D eigenvalue weighted by Gasteiger charge is -2.30. The second-order valence-corrected chi connectivity index (χ2v) is 6.93. The number of nitrogens with zero attached hydrogens (tertiary/aromatic N) is 1. The average molecular weight is 308 g/mol. The Kier molecular flexibility index (Phi) is 6.87. The summed E-state index contributed by atoms with van der Waals surface area (Å²) in [6, 6.07) is 0.0294. The van der Waals surface area contributed by atoms with E-state index in [1.807, 2.05) is 0 Å². The Morgan fingerprint density at radius 1 is 1.40 bits per heavy atom. The molecule has 0 radical (unpaired) electrons. The van der Waals surface area contributed by atoms with E-state index in [4.69, 9.17) is 9.84 Å². The number of carboxylic acid groups (broad SMARTS) is 1. The predicted octanol–water partition coefficient (Wildman–Crippen LogP) is 0.575. The molecule has 8 heteroatoms. The molecule has 1 aliphatic rings. The van der Waals surface area contributed by atoms with Gasteiger partial charge in [0.05, 0.1) is 12.5 Å². The van der Waals surface area contributed by atoms with E-state index in [9.17, 15) is 13.2 Å². The van der Waals surface area contributed by atoms with Gasteiger partial charge in [-0.3, -0.25) is 4.79 Å². The highest BCUT2D eigenvalue weighted by Gasteiger charge is 2.28. The van der Waals surface area contributed by atoms with Gasteiger partial charge in [0, 0.05) is 26.7 Å². The van der Waals surface area contributed by atoms with Gasteiger partial charge in [0.2, 0.25) is 0 Å². The van der Waals surface area contributed by atoms with E-state index in [1.165, 1.54) is 11.4 Å². The summed E-state index contributed by atoms with van der Waals surface area (Å²) in [5.41, 5.74) is 0. The van der Waals surface area contributed by atoms with Gasteiger partial charge in [-0.05, 0) is 12.8 Å². The summed E-state index contributed by atoms with van der Waals surface area (Å²) in [4.78, 5) is 10.6. The zero-order valence-electron chi connectivity index (χ0n) is 12.0. The SMILES string of the molecule is COC(CNS(=O)(=O)N(C)C1CCCCC1)CC(=O)O. The van der Waals surface area contributed by atoms with E-state index in [-0.39, 0.29) is 19.0 Å². The molecule has 118 valence electrons. The molecule has 2 N–H and O–H groups in total. The molecule has 1 saturated carbocycles. The maximum atomic E-state index is 12.1. The van der Waals surface area contributed by atoms with Gasteiger partial charge in [0.1, 0.15) is 0 Å². The standard InChI is InChI=1S/C12H24N2O5S/c1-14(10-6-4-3-5-7-10)20(17,18)13-9-11(19-2)8-12(15)16/h10-11,13H,3-9H2,1-2H3,(H,15,16). The summed E-state index contributed by atoms with van der Waals surface area (Å²) in [6.07, 6.45) is 4.10. The molecule has 0 aromatic carbocycles. The van der Waals surface area contributed by atoms with E-state index in [0.717, 1.165) is 32.1 Å². The van der Waals surface area contributed by atoms with Gasteiger partial charge in [-0.2, -0.15) is 17.4 Å². The van der Waals surface area contributed by atoms with E-state index >= 15 is 0 Å². The van der Waals surface area contributed by atoms with E-state index < -0.39 is 22.3 Å². The Morgan fingerprint density at radius 3 is 2.50 bits per heavy atom. The van der Waals surface area contributed by atoms with Crippen LogP contribution < -0.4 is 4.72 Å². The minimum Gasteiger partial charge on any atom is -0.481 e. The number of ether oxygens (including phenoxy) is 1. The molecule has 1 fully saturated rings. The van der Waals surface area contributed by atoms with Crippen molar-refractivity contribution in [3.63, 3.8) is 0 Å². The summed E-state index contributed by atoms with van der Waals surface area (Å²) in [6.45, 7) is -0.0395. The van der Waals surface area contributed by atoms with Crippen LogP contribution in [0.3, 0.4) is 0 Å². The first kappa shape index (κ1) is 17.4. The van der Waals surface area contributed by atoms with Crippen molar-refractivity contribution in [1.29, 1.82) is 0 Å². The fourth-order valence-corrected chi connectivity index (χ4v) is 3.58. The molecule has 0 aliphatic heterocycles. The Bertz CT molecular complexity index is 406. The number of methoxy groups -OCH3 is 1. The van der Waals surface area contributed by atoms with Gasteiger partial charge in [0.15, 0.2) is 0 Å². The van der Waals surface area contributed by atoms with Crippen molar-refractivity contribution in [2.45, 2.75) is 50.7 Å². The predicted molar refractivity (Wildman–Crippen MR) is 74.6 cm³/mol. The zero-order chi connectivity index (χ0) is 15.2. The number of carbonyl (C=O) groups is 1. The molecule has 0 spiro atoms. The van der Waals surface area contributed by atoms with Crippen molar-refractivity contribution in [2.24, 2.45) is 0 Å². The van der Waals surface area contributed by atoms with Crippen LogP contribution in [-0.4, -0.2) is 56.6 Å². The minimum atomic E-state index is -3.59. The number of hydrogen-bond donors (Lipinski definition) is 2. The third kappa shape index (κ3) is 5.35. The molecule has 1 rings (SSSR count). The van der Waals surface area contributed by atoms with Gasteiger partial charge in [-0.1, -0.05) is 19.3 Å². The van der Waals surface area contributed by atoms with Crippen molar-refractivity contribution in [1.82, 2.24) is 9.03 Å².